The molecule has 3 aromatic rings. The minimum Gasteiger partial charge on any atom is -0.268 e. The van der Waals surface area contributed by atoms with Crippen LogP contribution in [0.4, 0.5) is 0 Å². The van der Waals surface area contributed by atoms with E-state index in [1.54, 1.807) is 0 Å². The Morgan fingerprint density at radius 2 is 1.44 bits per heavy atom. The Bertz CT molecular complexity index is 762. The first-order valence-electron chi connectivity index (χ1n) is 5.63. The van der Waals surface area contributed by atoms with Crippen LogP contribution in [0.15, 0.2) is 65.6 Å². The van der Waals surface area contributed by atoms with Gasteiger partial charge >= 0.3 is 0 Å². The molecule has 0 bridgehead atoms. The summed E-state index contributed by atoms with van der Waals surface area (Å²) in [6, 6.07) is 17.7. The predicted octanol–water partition coefficient (Wildman–Crippen LogP) is 3.83. The molecule has 2 aromatic carbocycles. The van der Waals surface area contributed by atoms with Gasteiger partial charge in [-0.25, -0.2) is 3.59 Å². The van der Waals surface area contributed by atoms with E-state index in [2.05, 4.69) is 16.1 Å². The van der Waals surface area contributed by atoms with Crippen molar-refractivity contribution < 1.29 is 0 Å². The summed E-state index contributed by atoms with van der Waals surface area (Å²) in [5.74, 6) is 0. The molecule has 0 saturated heterocycles. The standard InChI is InChI=1S/C15H10BrNO/c16-17-10-14(11-6-2-1-3-7-11)12-8-4-5-9-13(12)15(17)18/h1-10H. The Morgan fingerprint density at radius 1 is 0.833 bits per heavy atom. The Morgan fingerprint density at radius 3 is 2.17 bits per heavy atom. The van der Waals surface area contributed by atoms with Crippen LogP contribution in [0.2, 0.25) is 0 Å². The van der Waals surface area contributed by atoms with Crippen LogP contribution in [0.5, 0.6) is 0 Å². The molecule has 1 aromatic heterocycles. The number of pyridine rings is 1. The number of benzene rings is 2. The van der Waals surface area contributed by atoms with E-state index < -0.39 is 0 Å². The van der Waals surface area contributed by atoms with Crippen molar-refractivity contribution in [3.63, 3.8) is 0 Å². The molecule has 3 rings (SSSR count). The number of aromatic nitrogens is 1. The second kappa shape index (κ2) is 4.42. The summed E-state index contributed by atoms with van der Waals surface area (Å²) >= 11 is 3.27. The molecule has 88 valence electrons. The van der Waals surface area contributed by atoms with Gasteiger partial charge in [0.2, 0.25) is 0 Å². The van der Waals surface area contributed by atoms with Crippen LogP contribution in [0, 0.1) is 0 Å². The molecule has 1 heterocycles. The smallest absolute Gasteiger partial charge is 0.268 e. The zero-order valence-electron chi connectivity index (χ0n) is 9.51. The van der Waals surface area contributed by atoms with Gasteiger partial charge in [-0.05, 0) is 17.0 Å². The van der Waals surface area contributed by atoms with E-state index in [1.165, 1.54) is 3.59 Å². The van der Waals surface area contributed by atoms with Crippen LogP contribution in [0.3, 0.4) is 0 Å². The van der Waals surface area contributed by atoms with E-state index in [0.717, 1.165) is 21.9 Å². The number of nitrogens with zero attached hydrogens (tertiary/aromatic N) is 1. The first-order chi connectivity index (χ1) is 8.77. The van der Waals surface area contributed by atoms with Crippen molar-refractivity contribution in [1.29, 1.82) is 0 Å². The SMILES string of the molecule is O=c1c2ccccc2c(-c2ccccc2)cn1Br. The first kappa shape index (κ1) is 11.2. The maximum atomic E-state index is 12.0. The Balaban J connectivity index is 2.44. The monoisotopic (exact) mass is 299 g/mol. The van der Waals surface area contributed by atoms with Crippen LogP contribution in [0.1, 0.15) is 0 Å². The highest BCUT2D eigenvalue weighted by Crippen LogP contribution is 2.26. The Kier molecular flexibility index (Phi) is 2.76. The van der Waals surface area contributed by atoms with Gasteiger partial charge < -0.3 is 0 Å². The predicted molar refractivity (Wildman–Crippen MR) is 78.0 cm³/mol. The molecule has 2 nitrogen and oxygen atoms in total. The van der Waals surface area contributed by atoms with Crippen molar-refractivity contribution in [3.05, 3.63) is 71.1 Å². The van der Waals surface area contributed by atoms with Gasteiger partial charge in [0.05, 0.1) is 16.1 Å². The highest BCUT2D eigenvalue weighted by atomic mass is 79.9. The quantitative estimate of drug-likeness (QED) is 0.669. The molecule has 3 heteroatoms. The number of rotatable bonds is 1. The second-order valence-electron chi connectivity index (χ2n) is 4.07. The average Bonchev–Trinajstić information content (AvgIpc) is 2.44. The molecule has 0 unspecified atom stereocenters. The van der Waals surface area contributed by atoms with E-state index in [1.807, 2.05) is 60.8 Å². The lowest BCUT2D eigenvalue weighted by Gasteiger charge is -2.08. The molecule has 0 aliphatic heterocycles. The highest BCUT2D eigenvalue weighted by Gasteiger charge is 2.08. The largest absolute Gasteiger partial charge is 0.268 e. The van der Waals surface area contributed by atoms with Crippen molar-refractivity contribution in [2.75, 3.05) is 0 Å². The van der Waals surface area contributed by atoms with Crippen LogP contribution < -0.4 is 5.56 Å². The molecule has 0 amide bonds. The summed E-state index contributed by atoms with van der Waals surface area (Å²) in [5, 5.41) is 1.69. The van der Waals surface area contributed by atoms with E-state index in [4.69, 9.17) is 0 Å². The first-order valence-corrected chi connectivity index (χ1v) is 6.34. The second-order valence-corrected chi connectivity index (χ2v) is 4.83. The molecular formula is C15H10BrNO. The van der Waals surface area contributed by atoms with Gasteiger partial charge in [-0.1, -0.05) is 48.5 Å². The maximum absolute atomic E-state index is 12.0. The average molecular weight is 300 g/mol. The molecular weight excluding hydrogens is 290 g/mol. The molecule has 0 saturated carbocycles. The van der Waals surface area contributed by atoms with E-state index >= 15 is 0 Å². The van der Waals surface area contributed by atoms with Crippen LogP contribution in [0.25, 0.3) is 21.9 Å². The van der Waals surface area contributed by atoms with Crippen LogP contribution in [-0.4, -0.2) is 3.59 Å². The normalized spacial score (nSPS) is 10.7. The lowest BCUT2D eigenvalue weighted by molar-refractivity contribution is 1.21. The van der Waals surface area contributed by atoms with Gasteiger partial charge in [0.25, 0.3) is 5.56 Å². The van der Waals surface area contributed by atoms with Gasteiger partial charge in [-0.2, -0.15) is 0 Å². The number of hydrogen-bond acceptors (Lipinski definition) is 1. The van der Waals surface area contributed by atoms with Gasteiger partial charge in [-0.15, -0.1) is 0 Å². The molecule has 18 heavy (non-hydrogen) atoms. The molecule has 0 aliphatic rings. The molecule has 0 radical (unpaired) electrons. The molecule has 0 atom stereocenters. The van der Waals surface area contributed by atoms with Crippen molar-refractivity contribution in [2.45, 2.75) is 0 Å². The van der Waals surface area contributed by atoms with Gasteiger partial charge in [0.15, 0.2) is 0 Å². The lowest BCUT2D eigenvalue weighted by atomic mass is 10.0. The molecule has 0 N–H and O–H groups in total. The summed E-state index contributed by atoms with van der Waals surface area (Å²) in [6.07, 6.45) is 1.82. The number of fused-ring (bicyclic) bond motifs is 1. The minimum absolute atomic E-state index is 0.0368. The van der Waals surface area contributed by atoms with Crippen molar-refractivity contribution in [2.24, 2.45) is 0 Å². The van der Waals surface area contributed by atoms with Crippen molar-refractivity contribution >= 4 is 26.9 Å². The maximum Gasteiger partial charge on any atom is 0.268 e. The Labute approximate surface area is 113 Å². The van der Waals surface area contributed by atoms with E-state index in [0.29, 0.717) is 0 Å². The molecule has 0 spiro atoms. The topological polar surface area (TPSA) is 22.0 Å². The third kappa shape index (κ3) is 1.77. The fourth-order valence-electron chi connectivity index (χ4n) is 2.11. The van der Waals surface area contributed by atoms with Crippen LogP contribution in [-0.2, 0) is 0 Å². The number of halogens is 1. The highest BCUT2D eigenvalue weighted by molar-refractivity contribution is 9.08. The fourth-order valence-corrected chi connectivity index (χ4v) is 2.50. The molecule has 0 fully saturated rings. The zero-order valence-corrected chi connectivity index (χ0v) is 11.1. The van der Waals surface area contributed by atoms with Gasteiger partial charge in [0, 0.05) is 17.1 Å². The summed E-state index contributed by atoms with van der Waals surface area (Å²) < 4.78 is 1.46. The van der Waals surface area contributed by atoms with Gasteiger partial charge in [0.1, 0.15) is 0 Å². The van der Waals surface area contributed by atoms with Gasteiger partial charge in [-0.3, -0.25) is 4.79 Å². The lowest BCUT2D eigenvalue weighted by Crippen LogP contribution is -2.12. The summed E-state index contributed by atoms with van der Waals surface area (Å²) in [4.78, 5) is 12.0. The fraction of sp³-hybridized carbons (Fsp3) is 0. The van der Waals surface area contributed by atoms with E-state index in [9.17, 15) is 4.79 Å². The number of hydrogen-bond donors (Lipinski definition) is 0. The van der Waals surface area contributed by atoms with Crippen LogP contribution >= 0.6 is 16.1 Å². The summed E-state index contributed by atoms with van der Waals surface area (Å²) in [7, 11) is 0. The minimum atomic E-state index is -0.0368. The van der Waals surface area contributed by atoms with E-state index in [-0.39, 0.29) is 5.56 Å². The third-order valence-corrected chi connectivity index (χ3v) is 3.50. The third-order valence-electron chi connectivity index (χ3n) is 2.97. The van der Waals surface area contributed by atoms with Crippen molar-refractivity contribution in [1.82, 2.24) is 3.59 Å². The zero-order chi connectivity index (χ0) is 12.5. The molecule has 0 aliphatic carbocycles. The summed E-state index contributed by atoms with van der Waals surface area (Å²) in [6.45, 7) is 0. The Hall–Kier alpha value is -1.87. The summed E-state index contributed by atoms with van der Waals surface area (Å²) in [5.41, 5.74) is 2.11. The van der Waals surface area contributed by atoms with Crippen molar-refractivity contribution in [3.8, 4) is 11.1 Å².